The molecule has 2 aromatic carbocycles. The SMILES string of the molecule is COc1cccc(N2C[C@H](C(=O)Nc3cc([N+](=O)[O-])ccc3F)CC2=O)c1. The molecule has 0 aliphatic carbocycles. The van der Waals surface area contributed by atoms with E-state index in [0.29, 0.717) is 11.4 Å². The summed E-state index contributed by atoms with van der Waals surface area (Å²) >= 11 is 0. The van der Waals surface area contributed by atoms with Gasteiger partial charge in [-0.25, -0.2) is 4.39 Å². The maximum Gasteiger partial charge on any atom is 0.271 e. The van der Waals surface area contributed by atoms with Crippen LogP contribution in [-0.4, -0.2) is 30.4 Å². The van der Waals surface area contributed by atoms with E-state index in [2.05, 4.69) is 5.32 Å². The molecule has 1 saturated heterocycles. The van der Waals surface area contributed by atoms with Crippen LogP contribution in [0, 0.1) is 21.8 Å². The number of rotatable bonds is 5. The van der Waals surface area contributed by atoms with Crippen molar-refractivity contribution in [2.45, 2.75) is 6.42 Å². The van der Waals surface area contributed by atoms with Gasteiger partial charge in [0.1, 0.15) is 11.6 Å². The first-order valence-corrected chi connectivity index (χ1v) is 8.08. The van der Waals surface area contributed by atoms with Crippen molar-refractivity contribution in [3.05, 3.63) is 58.4 Å². The molecule has 0 bridgehead atoms. The number of nitrogens with zero attached hydrogens (tertiary/aromatic N) is 2. The van der Waals surface area contributed by atoms with E-state index >= 15 is 0 Å². The monoisotopic (exact) mass is 373 g/mol. The second-order valence-corrected chi connectivity index (χ2v) is 6.02. The van der Waals surface area contributed by atoms with Crippen molar-refractivity contribution in [2.24, 2.45) is 5.92 Å². The lowest BCUT2D eigenvalue weighted by Gasteiger charge is -2.17. The quantitative estimate of drug-likeness (QED) is 0.641. The Labute approximate surface area is 153 Å². The fourth-order valence-corrected chi connectivity index (χ4v) is 2.87. The highest BCUT2D eigenvalue weighted by molar-refractivity contribution is 6.03. The number of carbonyl (C=O) groups excluding carboxylic acids is 2. The van der Waals surface area contributed by atoms with Gasteiger partial charge in [-0.2, -0.15) is 0 Å². The van der Waals surface area contributed by atoms with Crippen molar-refractivity contribution >= 4 is 28.9 Å². The van der Waals surface area contributed by atoms with Crippen LogP contribution in [0.2, 0.25) is 0 Å². The highest BCUT2D eigenvalue weighted by Crippen LogP contribution is 2.29. The molecular weight excluding hydrogens is 357 g/mol. The van der Waals surface area contributed by atoms with Crippen LogP contribution in [0.25, 0.3) is 0 Å². The average molecular weight is 373 g/mol. The number of amides is 2. The first-order valence-electron chi connectivity index (χ1n) is 8.08. The van der Waals surface area contributed by atoms with Crippen LogP contribution >= 0.6 is 0 Å². The molecule has 8 nitrogen and oxygen atoms in total. The van der Waals surface area contributed by atoms with Gasteiger partial charge in [0.2, 0.25) is 11.8 Å². The molecule has 1 heterocycles. The summed E-state index contributed by atoms with van der Waals surface area (Å²) in [6.45, 7) is 0.119. The Bertz CT molecular complexity index is 918. The third kappa shape index (κ3) is 3.86. The zero-order valence-corrected chi connectivity index (χ0v) is 14.3. The highest BCUT2D eigenvalue weighted by atomic mass is 19.1. The molecule has 3 rings (SSSR count). The fourth-order valence-electron chi connectivity index (χ4n) is 2.87. The molecule has 0 radical (unpaired) electrons. The molecule has 0 saturated carbocycles. The predicted molar refractivity (Wildman–Crippen MR) is 95.1 cm³/mol. The molecule has 1 N–H and O–H groups in total. The maximum atomic E-state index is 13.9. The molecule has 2 amide bonds. The normalized spacial score (nSPS) is 16.3. The van der Waals surface area contributed by atoms with E-state index in [4.69, 9.17) is 4.74 Å². The third-order valence-electron chi connectivity index (χ3n) is 4.28. The molecule has 2 aromatic rings. The predicted octanol–water partition coefficient (Wildman–Crippen LogP) is 2.73. The number of ether oxygens (including phenoxy) is 1. The van der Waals surface area contributed by atoms with Gasteiger partial charge in [0.05, 0.1) is 23.6 Å². The second kappa shape index (κ2) is 7.40. The van der Waals surface area contributed by atoms with E-state index in [1.54, 1.807) is 24.3 Å². The minimum atomic E-state index is -0.789. The molecule has 9 heteroatoms. The number of hydrogen-bond donors (Lipinski definition) is 1. The first kappa shape index (κ1) is 18.3. The number of methoxy groups -OCH3 is 1. The average Bonchev–Trinajstić information content (AvgIpc) is 3.05. The number of carbonyl (C=O) groups is 2. The summed E-state index contributed by atoms with van der Waals surface area (Å²) in [5, 5.41) is 13.2. The van der Waals surface area contributed by atoms with E-state index in [1.165, 1.54) is 12.0 Å². The lowest BCUT2D eigenvalue weighted by Crippen LogP contribution is -2.28. The number of hydrogen-bond acceptors (Lipinski definition) is 5. The lowest BCUT2D eigenvalue weighted by atomic mass is 10.1. The van der Waals surface area contributed by atoms with Gasteiger partial charge in [-0.3, -0.25) is 19.7 Å². The summed E-state index contributed by atoms with van der Waals surface area (Å²) in [6.07, 6.45) is -0.0421. The van der Waals surface area contributed by atoms with Crippen LogP contribution in [0.15, 0.2) is 42.5 Å². The van der Waals surface area contributed by atoms with Crippen LogP contribution < -0.4 is 15.0 Å². The topological polar surface area (TPSA) is 102 Å². The fraction of sp³-hybridized carbons (Fsp3) is 0.222. The van der Waals surface area contributed by atoms with E-state index in [-0.39, 0.29) is 30.2 Å². The number of non-ortho nitro benzene ring substituents is 1. The number of halogens is 1. The summed E-state index contributed by atoms with van der Waals surface area (Å²) in [5.41, 5.74) is -0.0372. The Kier molecular flexibility index (Phi) is 5.02. The summed E-state index contributed by atoms with van der Waals surface area (Å²) < 4.78 is 19.0. The van der Waals surface area contributed by atoms with Gasteiger partial charge in [0.25, 0.3) is 5.69 Å². The van der Waals surface area contributed by atoms with Gasteiger partial charge in [-0.05, 0) is 18.2 Å². The molecule has 140 valence electrons. The van der Waals surface area contributed by atoms with E-state index < -0.39 is 22.6 Å². The van der Waals surface area contributed by atoms with Crippen molar-refractivity contribution in [3.8, 4) is 5.75 Å². The van der Waals surface area contributed by atoms with Crippen molar-refractivity contribution in [1.82, 2.24) is 0 Å². The van der Waals surface area contributed by atoms with Crippen molar-refractivity contribution < 1.29 is 23.6 Å². The number of nitrogens with one attached hydrogen (secondary N) is 1. The largest absolute Gasteiger partial charge is 0.497 e. The molecule has 1 fully saturated rings. The van der Waals surface area contributed by atoms with E-state index in [9.17, 15) is 24.1 Å². The second-order valence-electron chi connectivity index (χ2n) is 6.02. The van der Waals surface area contributed by atoms with Crippen LogP contribution in [0.1, 0.15) is 6.42 Å². The Morgan fingerprint density at radius 2 is 2.11 bits per heavy atom. The van der Waals surface area contributed by atoms with Crippen LogP contribution in [0.4, 0.5) is 21.5 Å². The standard InChI is InChI=1S/C18H16FN3O5/c1-27-14-4-2-3-12(8-14)21-10-11(7-17(21)23)18(24)20-16-9-13(22(25)26)5-6-15(16)19/h2-6,8-9,11H,7,10H2,1H3,(H,20,24)/t11-/m1/s1. The molecular formula is C18H16FN3O5. The maximum absolute atomic E-state index is 13.9. The molecule has 0 aromatic heterocycles. The summed E-state index contributed by atoms with van der Waals surface area (Å²) in [4.78, 5) is 36.3. The number of nitro benzene ring substituents is 1. The third-order valence-corrected chi connectivity index (χ3v) is 4.28. The summed E-state index contributed by atoms with van der Waals surface area (Å²) in [6, 6.07) is 9.74. The van der Waals surface area contributed by atoms with Crippen LogP contribution in [0.3, 0.4) is 0 Å². The molecule has 1 atom stereocenters. The van der Waals surface area contributed by atoms with Gasteiger partial charge in [-0.1, -0.05) is 6.07 Å². The molecule has 1 aliphatic heterocycles. The Morgan fingerprint density at radius 3 is 2.81 bits per heavy atom. The van der Waals surface area contributed by atoms with Gasteiger partial charge in [0, 0.05) is 36.9 Å². The zero-order valence-electron chi connectivity index (χ0n) is 14.3. The highest BCUT2D eigenvalue weighted by Gasteiger charge is 2.35. The van der Waals surface area contributed by atoms with E-state index in [1.807, 2.05) is 0 Å². The van der Waals surface area contributed by atoms with Crippen LogP contribution in [-0.2, 0) is 9.59 Å². The minimum absolute atomic E-state index is 0.0421. The Hall–Kier alpha value is -3.49. The Morgan fingerprint density at radius 1 is 1.33 bits per heavy atom. The minimum Gasteiger partial charge on any atom is -0.497 e. The van der Waals surface area contributed by atoms with E-state index in [0.717, 1.165) is 18.2 Å². The van der Waals surface area contributed by atoms with Crippen molar-refractivity contribution in [3.63, 3.8) is 0 Å². The molecule has 27 heavy (non-hydrogen) atoms. The van der Waals surface area contributed by atoms with Crippen molar-refractivity contribution in [1.29, 1.82) is 0 Å². The number of nitro groups is 1. The molecule has 0 unspecified atom stereocenters. The van der Waals surface area contributed by atoms with Gasteiger partial charge < -0.3 is 15.0 Å². The summed E-state index contributed by atoms with van der Waals surface area (Å²) in [7, 11) is 1.51. The molecule has 1 aliphatic rings. The van der Waals surface area contributed by atoms with Gasteiger partial charge >= 0.3 is 0 Å². The zero-order chi connectivity index (χ0) is 19.6. The molecule has 0 spiro atoms. The van der Waals surface area contributed by atoms with Crippen molar-refractivity contribution in [2.75, 3.05) is 23.9 Å². The summed E-state index contributed by atoms with van der Waals surface area (Å²) in [5.74, 6) is -1.74. The number of anilines is 2. The Balaban J connectivity index is 1.74. The lowest BCUT2D eigenvalue weighted by molar-refractivity contribution is -0.384. The van der Waals surface area contributed by atoms with Gasteiger partial charge in [0.15, 0.2) is 0 Å². The smallest absolute Gasteiger partial charge is 0.271 e. The number of benzene rings is 2. The van der Waals surface area contributed by atoms with Crippen LogP contribution in [0.5, 0.6) is 5.75 Å². The van der Waals surface area contributed by atoms with Gasteiger partial charge in [-0.15, -0.1) is 0 Å². The first-order chi connectivity index (χ1) is 12.9.